The van der Waals surface area contributed by atoms with Gasteiger partial charge >= 0.3 is 0 Å². The first kappa shape index (κ1) is 31.1. The van der Waals surface area contributed by atoms with E-state index in [-0.39, 0.29) is 50.6 Å². The lowest BCUT2D eigenvalue weighted by atomic mass is 9.93. The summed E-state index contributed by atoms with van der Waals surface area (Å²) in [7, 11) is 1.58. The number of aliphatic hydroxyl groups is 1. The van der Waals surface area contributed by atoms with Crippen molar-refractivity contribution >= 4 is 11.8 Å². The van der Waals surface area contributed by atoms with E-state index < -0.39 is 41.1 Å². The van der Waals surface area contributed by atoms with Gasteiger partial charge in [0.1, 0.15) is 23.5 Å². The maximum absolute atomic E-state index is 13.8. The molecule has 0 saturated heterocycles. The number of halogens is 2. The molecule has 0 heterocycles. The van der Waals surface area contributed by atoms with Gasteiger partial charge in [-0.05, 0) is 53.3 Å². The Kier molecular flexibility index (Phi) is 12.0. The molecule has 0 aromatic heterocycles. The molecule has 0 spiro atoms. The maximum Gasteiger partial charge on any atom is 0.250 e. The molecule has 2 rings (SSSR count). The fourth-order valence-corrected chi connectivity index (χ4v) is 3.52. The van der Waals surface area contributed by atoms with Gasteiger partial charge in [0.25, 0.3) is 5.91 Å². The molecular weight excluding hydrogens is 498 g/mol. The van der Waals surface area contributed by atoms with Crippen molar-refractivity contribution in [2.75, 3.05) is 26.8 Å². The van der Waals surface area contributed by atoms with Gasteiger partial charge in [0.05, 0.1) is 26.4 Å². The summed E-state index contributed by atoms with van der Waals surface area (Å²) in [6.07, 6.45) is -1.54. The Morgan fingerprint density at radius 3 is 2.37 bits per heavy atom. The zero-order valence-corrected chi connectivity index (χ0v) is 22.0. The van der Waals surface area contributed by atoms with Gasteiger partial charge in [0.15, 0.2) is 0 Å². The molecule has 0 aliphatic carbocycles. The molecule has 0 aliphatic heterocycles. The van der Waals surface area contributed by atoms with Crippen LogP contribution in [0.1, 0.15) is 31.4 Å². The number of nitrogens with one attached hydrogen (secondary N) is 2. The Hall–Kier alpha value is -3.12. The van der Waals surface area contributed by atoms with Gasteiger partial charge in [-0.25, -0.2) is 8.78 Å². The molecule has 3 atom stereocenters. The van der Waals surface area contributed by atoms with Crippen molar-refractivity contribution in [2.45, 2.75) is 51.5 Å². The van der Waals surface area contributed by atoms with E-state index in [2.05, 4.69) is 10.6 Å². The minimum Gasteiger partial charge on any atom is -0.497 e. The Labute approximate surface area is 221 Å². The predicted octanol–water partition coefficient (Wildman–Crippen LogP) is 1.40. The van der Waals surface area contributed by atoms with Gasteiger partial charge < -0.3 is 36.7 Å². The van der Waals surface area contributed by atoms with Crippen molar-refractivity contribution in [1.29, 1.82) is 0 Å². The van der Waals surface area contributed by atoms with Crippen LogP contribution in [0.25, 0.3) is 0 Å². The number of benzene rings is 2. The molecule has 0 bridgehead atoms. The number of carbonyl (C=O) groups is 2. The number of nitrogens with two attached hydrogens (primary N) is 2. The minimum absolute atomic E-state index is 0.0123. The number of methoxy groups -OCH3 is 1. The first-order chi connectivity index (χ1) is 17.9. The van der Waals surface area contributed by atoms with E-state index in [0.29, 0.717) is 0 Å². The van der Waals surface area contributed by atoms with Gasteiger partial charge in [0, 0.05) is 25.6 Å². The highest BCUT2D eigenvalue weighted by Crippen LogP contribution is 2.15. The van der Waals surface area contributed by atoms with Crippen molar-refractivity contribution in [3.8, 4) is 5.75 Å². The Balaban J connectivity index is 1.69. The molecule has 38 heavy (non-hydrogen) atoms. The van der Waals surface area contributed by atoms with E-state index in [9.17, 15) is 23.5 Å². The van der Waals surface area contributed by atoms with E-state index in [1.54, 1.807) is 19.2 Å². The van der Waals surface area contributed by atoms with E-state index >= 15 is 0 Å². The molecule has 2 amide bonds. The lowest BCUT2D eigenvalue weighted by molar-refractivity contribution is -0.131. The smallest absolute Gasteiger partial charge is 0.250 e. The highest BCUT2D eigenvalue weighted by Gasteiger charge is 2.26. The highest BCUT2D eigenvalue weighted by molar-refractivity contribution is 5.81. The Bertz CT molecular complexity index is 1050. The topological polar surface area (TPSA) is 149 Å². The quantitative estimate of drug-likeness (QED) is 0.231. The molecule has 2 aromatic rings. The van der Waals surface area contributed by atoms with Crippen molar-refractivity contribution in [3.05, 3.63) is 65.2 Å². The monoisotopic (exact) mass is 536 g/mol. The molecule has 7 N–H and O–H groups in total. The summed E-state index contributed by atoms with van der Waals surface area (Å²) in [4.78, 5) is 24.7. The van der Waals surface area contributed by atoms with Crippen LogP contribution < -0.4 is 26.8 Å². The van der Waals surface area contributed by atoms with E-state index in [0.717, 1.165) is 29.5 Å². The van der Waals surface area contributed by atoms with Crippen molar-refractivity contribution < 1.29 is 33.0 Å². The third-order valence-electron chi connectivity index (χ3n) is 5.85. The summed E-state index contributed by atoms with van der Waals surface area (Å²) in [5, 5.41) is 15.6. The molecule has 11 heteroatoms. The largest absolute Gasteiger partial charge is 0.497 e. The average molecular weight is 537 g/mol. The van der Waals surface area contributed by atoms with Crippen LogP contribution in [0.2, 0.25) is 0 Å². The molecule has 1 unspecified atom stereocenters. The molecule has 0 radical (unpaired) electrons. The number of carbonyl (C=O) groups excluding carboxylic acids is 2. The second kappa shape index (κ2) is 14.7. The zero-order valence-electron chi connectivity index (χ0n) is 22.0. The Morgan fingerprint density at radius 2 is 1.71 bits per heavy atom. The molecular formula is C27H38F2N4O5. The number of ether oxygens (including phenoxy) is 2. The first-order valence-electron chi connectivity index (χ1n) is 12.3. The van der Waals surface area contributed by atoms with Crippen LogP contribution in [0.4, 0.5) is 8.78 Å². The third kappa shape index (κ3) is 10.7. The number of aliphatic hydroxyl groups excluding tert-OH is 1. The first-order valence-corrected chi connectivity index (χ1v) is 12.3. The molecule has 0 saturated carbocycles. The summed E-state index contributed by atoms with van der Waals surface area (Å²) in [6.45, 7) is 4.24. The molecule has 2 aromatic carbocycles. The number of hydrogen-bond donors (Lipinski definition) is 5. The second-order valence-corrected chi connectivity index (χ2v) is 10.0. The van der Waals surface area contributed by atoms with Gasteiger partial charge in [0.2, 0.25) is 5.91 Å². The SMILES string of the molecule is COc1ccc(COC[C@@H](N)[C@H](O)C(=O)NCC(C)(C)CNC(=O)CC(N)Cc2cc(F)ccc2F)cc1. The van der Waals surface area contributed by atoms with Gasteiger partial charge in [-0.15, -0.1) is 0 Å². The van der Waals surface area contributed by atoms with Crippen LogP contribution in [0.3, 0.4) is 0 Å². The number of rotatable bonds is 15. The Morgan fingerprint density at radius 1 is 1.05 bits per heavy atom. The molecule has 0 aliphatic rings. The fourth-order valence-electron chi connectivity index (χ4n) is 3.52. The lowest BCUT2D eigenvalue weighted by Gasteiger charge is -2.27. The van der Waals surface area contributed by atoms with Crippen LogP contribution in [-0.4, -0.2) is 61.9 Å². The predicted molar refractivity (Wildman–Crippen MR) is 139 cm³/mol. The maximum atomic E-state index is 13.8. The van der Waals surface area contributed by atoms with Crippen LogP contribution in [0, 0.1) is 17.0 Å². The summed E-state index contributed by atoms with van der Waals surface area (Å²) in [6, 6.07) is 8.75. The van der Waals surface area contributed by atoms with Crippen LogP contribution in [0.5, 0.6) is 5.75 Å². The van der Waals surface area contributed by atoms with E-state index in [1.807, 2.05) is 26.0 Å². The summed E-state index contributed by atoms with van der Waals surface area (Å²) in [5.74, 6) is -1.44. The van der Waals surface area contributed by atoms with Crippen molar-refractivity contribution in [3.63, 3.8) is 0 Å². The number of amides is 2. The van der Waals surface area contributed by atoms with Crippen LogP contribution >= 0.6 is 0 Å². The molecule has 210 valence electrons. The van der Waals surface area contributed by atoms with Crippen molar-refractivity contribution in [1.82, 2.24) is 10.6 Å². The average Bonchev–Trinajstić information content (AvgIpc) is 2.88. The van der Waals surface area contributed by atoms with Crippen LogP contribution in [-0.2, 0) is 27.4 Å². The normalized spacial score (nSPS) is 13.9. The highest BCUT2D eigenvalue weighted by atomic mass is 19.1. The zero-order chi connectivity index (χ0) is 28.3. The van der Waals surface area contributed by atoms with Gasteiger partial charge in [-0.3, -0.25) is 9.59 Å². The molecule has 9 nitrogen and oxygen atoms in total. The fraction of sp³-hybridized carbons (Fsp3) is 0.481. The third-order valence-corrected chi connectivity index (χ3v) is 5.85. The van der Waals surface area contributed by atoms with Crippen molar-refractivity contribution in [2.24, 2.45) is 16.9 Å². The standard InChI is InChI=1S/C27H38F2N4O5/c1-27(2,15-32-24(34)12-20(30)11-18-10-19(28)6-9-22(18)29)16-33-26(36)25(35)23(31)14-38-13-17-4-7-21(37-3)8-5-17/h4-10,20,23,25,35H,11-16,30-31H2,1-3H3,(H,32,34)(H,33,36)/t20?,23-,25+/m1/s1. The minimum atomic E-state index is -1.47. The summed E-state index contributed by atoms with van der Waals surface area (Å²) < 4.78 is 37.7. The summed E-state index contributed by atoms with van der Waals surface area (Å²) in [5.41, 5.74) is 12.3. The lowest BCUT2D eigenvalue weighted by Crippen LogP contribution is -2.51. The van der Waals surface area contributed by atoms with Gasteiger partial charge in [-0.2, -0.15) is 0 Å². The van der Waals surface area contributed by atoms with E-state index in [1.165, 1.54) is 0 Å². The van der Waals surface area contributed by atoms with Crippen LogP contribution in [0.15, 0.2) is 42.5 Å². The summed E-state index contributed by atoms with van der Waals surface area (Å²) >= 11 is 0. The molecule has 0 fully saturated rings. The second-order valence-electron chi connectivity index (χ2n) is 10.0. The van der Waals surface area contributed by atoms with E-state index in [4.69, 9.17) is 20.9 Å². The van der Waals surface area contributed by atoms with Gasteiger partial charge in [-0.1, -0.05) is 26.0 Å². The number of hydrogen-bond acceptors (Lipinski definition) is 7.